The van der Waals surface area contributed by atoms with Gasteiger partial charge in [-0.3, -0.25) is 4.79 Å². The summed E-state index contributed by atoms with van der Waals surface area (Å²) in [5.74, 6) is 0.910. The van der Waals surface area contributed by atoms with Gasteiger partial charge in [-0.2, -0.15) is 0 Å². The second-order valence-electron chi connectivity index (χ2n) is 8.30. The van der Waals surface area contributed by atoms with E-state index in [0.29, 0.717) is 18.4 Å². The Morgan fingerprint density at radius 1 is 1.13 bits per heavy atom. The highest BCUT2D eigenvalue weighted by atomic mass is 19.1. The van der Waals surface area contributed by atoms with Crippen LogP contribution in [-0.2, 0) is 6.54 Å². The number of hydrogen-bond donors (Lipinski definition) is 3. The number of nitrogens with one attached hydrogen (secondary N) is 3. The molecule has 1 heterocycles. The fourth-order valence-corrected chi connectivity index (χ4v) is 4.03. The van der Waals surface area contributed by atoms with Gasteiger partial charge >= 0.3 is 0 Å². The molecule has 0 atom stereocenters. The average Bonchev–Trinajstić information content (AvgIpc) is 3.61. The SMILES string of the molecule is COc1ccc(CNc2ccc(C3CCNCC3)c(C(=O)NCC3CC3)c2)cc1F. The van der Waals surface area contributed by atoms with Crippen molar-refractivity contribution in [2.24, 2.45) is 5.92 Å². The molecule has 0 radical (unpaired) electrons. The number of carbonyl (C=O) groups excluding carboxylic acids is 1. The summed E-state index contributed by atoms with van der Waals surface area (Å²) in [7, 11) is 1.45. The van der Waals surface area contributed by atoms with Crippen molar-refractivity contribution in [3.63, 3.8) is 0 Å². The summed E-state index contributed by atoms with van der Waals surface area (Å²) in [6.45, 7) is 3.19. The van der Waals surface area contributed by atoms with Crippen LogP contribution in [0.15, 0.2) is 36.4 Å². The highest BCUT2D eigenvalue weighted by molar-refractivity contribution is 5.97. The highest BCUT2D eigenvalue weighted by Crippen LogP contribution is 2.31. The van der Waals surface area contributed by atoms with Crippen LogP contribution < -0.4 is 20.7 Å². The summed E-state index contributed by atoms with van der Waals surface area (Å²) in [6, 6.07) is 11.0. The fourth-order valence-electron chi connectivity index (χ4n) is 4.03. The molecular weight excluding hydrogens is 381 g/mol. The van der Waals surface area contributed by atoms with Gasteiger partial charge in [0.05, 0.1) is 7.11 Å². The first-order valence-corrected chi connectivity index (χ1v) is 10.8. The number of piperidine rings is 1. The normalized spacial score (nSPS) is 16.9. The molecule has 3 N–H and O–H groups in total. The number of amides is 1. The lowest BCUT2D eigenvalue weighted by Crippen LogP contribution is -2.30. The van der Waals surface area contributed by atoms with E-state index in [4.69, 9.17) is 4.74 Å². The van der Waals surface area contributed by atoms with Crippen LogP contribution in [0.2, 0.25) is 0 Å². The quantitative estimate of drug-likeness (QED) is 0.613. The Labute approximate surface area is 177 Å². The number of anilines is 1. The number of methoxy groups -OCH3 is 1. The average molecular weight is 412 g/mol. The molecule has 2 aromatic carbocycles. The van der Waals surface area contributed by atoms with Crippen LogP contribution in [0.3, 0.4) is 0 Å². The van der Waals surface area contributed by atoms with Gasteiger partial charge in [-0.1, -0.05) is 12.1 Å². The maximum atomic E-state index is 13.9. The van der Waals surface area contributed by atoms with Crippen LogP contribution in [0.4, 0.5) is 10.1 Å². The van der Waals surface area contributed by atoms with Crippen LogP contribution in [0, 0.1) is 11.7 Å². The van der Waals surface area contributed by atoms with Crippen LogP contribution >= 0.6 is 0 Å². The number of carbonyl (C=O) groups is 1. The van der Waals surface area contributed by atoms with Crippen molar-refractivity contribution in [1.82, 2.24) is 10.6 Å². The molecule has 1 amide bonds. The van der Waals surface area contributed by atoms with E-state index in [1.807, 2.05) is 18.2 Å². The highest BCUT2D eigenvalue weighted by Gasteiger charge is 2.25. The lowest BCUT2D eigenvalue weighted by atomic mass is 9.86. The second kappa shape index (κ2) is 9.47. The van der Waals surface area contributed by atoms with Crippen molar-refractivity contribution in [3.8, 4) is 5.75 Å². The van der Waals surface area contributed by atoms with Gasteiger partial charge in [0.25, 0.3) is 5.91 Å². The van der Waals surface area contributed by atoms with Crippen molar-refractivity contribution in [2.75, 3.05) is 32.1 Å². The van der Waals surface area contributed by atoms with E-state index in [1.54, 1.807) is 6.07 Å². The van der Waals surface area contributed by atoms with Gasteiger partial charge in [-0.15, -0.1) is 0 Å². The molecule has 30 heavy (non-hydrogen) atoms. The van der Waals surface area contributed by atoms with Crippen molar-refractivity contribution in [3.05, 3.63) is 58.9 Å². The molecule has 160 valence electrons. The molecule has 0 unspecified atom stereocenters. The zero-order valence-corrected chi connectivity index (χ0v) is 17.5. The Morgan fingerprint density at radius 3 is 2.63 bits per heavy atom. The summed E-state index contributed by atoms with van der Waals surface area (Å²) in [5, 5.41) is 9.84. The molecule has 1 saturated heterocycles. The van der Waals surface area contributed by atoms with E-state index in [1.165, 1.54) is 26.0 Å². The van der Waals surface area contributed by atoms with E-state index in [9.17, 15) is 9.18 Å². The first-order chi connectivity index (χ1) is 14.6. The van der Waals surface area contributed by atoms with E-state index in [-0.39, 0.29) is 17.5 Å². The minimum absolute atomic E-state index is 0.00887. The largest absolute Gasteiger partial charge is 0.494 e. The molecule has 4 rings (SSSR count). The van der Waals surface area contributed by atoms with Crippen molar-refractivity contribution in [1.29, 1.82) is 0 Å². The van der Waals surface area contributed by atoms with Gasteiger partial charge in [0.1, 0.15) is 0 Å². The third kappa shape index (κ3) is 5.11. The lowest BCUT2D eigenvalue weighted by molar-refractivity contribution is 0.0950. The molecule has 1 aliphatic heterocycles. The number of hydrogen-bond acceptors (Lipinski definition) is 4. The van der Waals surface area contributed by atoms with Crippen LogP contribution in [0.5, 0.6) is 5.75 Å². The fraction of sp³-hybridized carbons (Fsp3) is 0.458. The van der Waals surface area contributed by atoms with Gasteiger partial charge < -0.3 is 20.7 Å². The molecule has 0 aromatic heterocycles. The molecule has 1 aliphatic carbocycles. The summed E-state index contributed by atoms with van der Waals surface area (Å²) in [6.07, 6.45) is 4.50. The zero-order chi connectivity index (χ0) is 20.9. The monoisotopic (exact) mass is 411 g/mol. The molecule has 2 fully saturated rings. The van der Waals surface area contributed by atoms with Gasteiger partial charge in [-0.25, -0.2) is 4.39 Å². The molecule has 2 aliphatic rings. The van der Waals surface area contributed by atoms with E-state index >= 15 is 0 Å². The topological polar surface area (TPSA) is 62.4 Å². The third-order valence-corrected chi connectivity index (χ3v) is 6.04. The summed E-state index contributed by atoms with van der Waals surface area (Å²) >= 11 is 0. The molecule has 2 aromatic rings. The Hall–Kier alpha value is -2.60. The molecule has 5 nitrogen and oxygen atoms in total. The smallest absolute Gasteiger partial charge is 0.251 e. The maximum absolute atomic E-state index is 13.9. The molecule has 6 heteroatoms. The Balaban J connectivity index is 1.50. The second-order valence-corrected chi connectivity index (χ2v) is 8.30. The van der Waals surface area contributed by atoms with Gasteiger partial charge in [-0.05, 0) is 86.0 Å². The molecule has 1 saturated carbocycles. The van der Waals surface area contributed by atoms with Gasteiger partial charge in [0.15, 0.2) is 11.6 Å². The number of halogens is 1. The van der Waals surface area contributed by atoms with Crippen molar-refractivity contribution in [2.45, 2.75) is 38.1 Å². The molecular formula is C24H30FN3O2. The number of rotatable bonds is 8. The maximum Gasteiger partial charge on any atom is 0.251 e. The lowest BCUT2D eigenvalue weighted by Gasteiger charge is -2.25. The summed E-state index contributed by atoms with van der Waals surface area (Å²) < 4.78 is 18.9. The summed E-state index contributed by atoms with van der Waals surface area (Å²) in [4.78, 5) is 13.0. The minimum atomic E-state index is -0.377. The predicted molar refractivity (Wildman–Crippen MR) is 117 cm³/mol. The molecule has 0 spiro atoms. The predicted octanol–water partition coefficient (Wildman–Crippen LogP) is 4.05. The first-order valence-electron chi connectivity index (χ1n) is 10.8. The van der Waals surface area contributed by atoms with E-state index in [2.05, 4.69) is 22.0 Å². The van der Waals surface area contributed by atoms with Crippen molar-refractivity contribution < 1.29 is 13.9 Å². The number of benzene rings is 2. The minimum Gasteiger partial charge on any atom is -0.494 e. The van der Waals surface area contributed by atoms with Crippen LogP contribution in [0.1, 0.15) is 53.1 Å². The molecule has 0 bridgehead atoms. The zero-order valence-electron chi connectivity index (χ0n) is 17.5. The van der Waals surface area contributed by atoms with E-state index in [0.717, 1.165) is 54.9 Å². The summed E-state index contributed by atoms with van der Waals surface area (Å²) in [5.41, 5.74) is 3.57. The first kappa shape index (κ1) is 20.7. The van der Waals surface area contributed by atoms with Gasteiger partial charge in [0, 0.05) is 24.3 Å². The Morgan fingerprint density at radius 2 is 1.93 bits per heavy atom. The van der Waals surface area contributed by atoms with Crippen LogP contribution in [0.25, 0.3) is 0 Å². The standard InChI is InChI=1S/C24H30FN3O2/c1-30-23-7-4-17(12-22(23)25)15-27-19-5-6-20(18-8-10-26-11-9-18)21(13-19)24(29)28-14-16-2-3-16/h4-7,12-13,16,18,26-27H,2-3,8-11,14-15H2,1H3,(H,28,29). The Kier molecular flexibility index (Phi) is 6.53. The van der Waals surface area contributed by atoms with Crippen molar-refractivity contribution >= 4 is 11.6 Å². The third-order valence-electron chi connectivity index (χ3n) is 6.04. The van der Waals surface area contributed by atoms with Gasteiger partial charge in [0.2, 0.25) is 0 Å². The number of ether oxygens (including phenoxy) is 1. The van der Waals surface area contributed by atoms with E-state index < -0.39 is 0 Å². The van der Waals surface area contributed by atoms with Crippen LogP contribution in [-0.4, -0.2) is 32.7 Å². The Bertz CT molecular complexity index is 892.